The number of nitrogens with zero attached hydrogens (tertiary/aromatic N) is 1. The monoisotopic (exact) mass is 317 g/mol. The van der Waals surface area contributed by atoms with Crippen LogP contribution in [0.1, 0.15) is 19.1 Å². The molecule has 0 saturated carbocycles. The standard InChI is InChI=1S/C17H19NO5/c1-2-7-22-16(20)13-12-5-6-17(23-12)10-18(15(19)14(13)17)9-11-4-3-8-21-11/h3-6,8,12-14H,2,7,9-10H2,1H3/t12-,13-,14-,17+/m0/s1. The molecule has 2 fully saturated rings. The zero-order valence-electron chi connectivity index (χ0n) is 12.9. The van der Waals surface area contributed by atoms with E-state index < -0.39 is 17.4 Å². The average molecular weight is 317 g/mol. The van der Waals surface area contributed by atoms with E-state index in [-0.39, 0.29) is 18.0 Å². The first-order valence-corrected chi connectivity index (χ1v) is 7.99. The summed E-state index contributed by atoms with van der Waals surface area (Å²) in [5.74, 6) is -0.705. The number of furan rings is 1. The highest BCUT2D eigenvalue weighted by Crippen LogP contribution is 2.52. The fourth-order valence-electron chi connectivity index (χ4n) is 3.87. The SMILES string of the molecule is CCCOC(=O)[C@H]1[C@@H]2C=C[C@]3(CN(Cc4ccco4)C(=O)[C@H]13)O2. The summed E-state index contributed by atoms with van der Waals surface area (Å²) in [5.41, 5.74) is -0.690. The van der Waals surface area contributed by atoms with Gasteiger partial charge in [0.25, 0.3) is 0 Å². The predicted octanol–water partition coefficient (Wildman–Crippen LogP) is 1.51. The molecule has 2 saturated heterocycles. The Balaban J connectivity index is 1.57. The second kappa shape index (κ2) is 5.23. The van der Waals surface area contributed by atoms with Crippen LogP contribution in [-0.4, -0.2) is 41.6 Å². The highest BCUT2D eigenvalue weighted by molar-refractivity contribution is 5.91. The Bertz CT molecular complexity index is 652. The van der Waals surface area contributed by atoms with Crippen LogP contribution in [0.4, 0.5) is 0 Å². The predicted molar refractivity (Wildman–Crippen MR) is 79.1 cm³/mol. The average Bonchev–Trinajstić information content (AvgIpc) is 3.28. The Hall–Kier alpha value is -2.08. The van der Waals surface area contributed by atoms with Crippen LogP contribution in [0.2, 0.25) is 0 Å². The molecule has 0 aromatic carbocycles. The fraction of sp³-hybridized carbons (Fsp3) is 0.529. The van der Waals surface area contributed by atoms with Crippen molar-refractivity contribution in [3.8, 4) is 0 Å². The van der Waals surface area contributed by atoms with Crippen molar-refractivity contribution >= 4 is 11.9 Å². The maximum absolute atomic E-state index is 12.8. The van der Waals surface area contributed by atoms with Gasteiger partial charge in [-0.25, -0.2) is 0 Å². The molecule has 6 heteroatoms. The molecule has 0 radical (unpaired) electrons. The van der Waals surface area contributed by atoms with E-state index in [2.05, 4.69) is 0 Å². The minimum Gasteiger partial charge on any atom is -0.467 e. The van der Waals surface area contributed by atoms with Gasteiger partial charge in [0.2, 0.25) is 5.91 Å². The molecule has 0 N–H and O–H groups in total. The Kier molecular flexibility index (Phi) is 3.30. The minimum absolute atomic E-state index is 0.0632. The summed E-state index contributed by atoms with van der Waals surface area (Å²) >= 11 is 0. The Morgan fingerprint density at radius 2 is 2.39 bits per heavy atom. The van der Waals surface area contributed by atoms with E-state index in [9.17, 15) is 9.59 Å². The van der Waals surface area contributed by atoms with Gasteiger partial charge in [0.15, 0.2) is 0 Å². The zero-order valence-corrected chi connectivity index (χ0v) is 12.9. The molecule has 23 heavy (non-hydrogen) atoms. The number of hydrogen-bond donors (Lipinski definition) is 0. The number of rotatable bonds is 5. The number of ether oxygens (including phenoxy) is 2. The topological polar surface area (TPSA) is 69.0 Å². The van der Waals surface area contributed by atoms with Crippen molar-refractivity contribution in [1.29, 1.82) is 0 Å². The van der Waals surface area contributed by atoms with Gasteiger partial charge in [-0.2, -0.15) is 0 Å². The molecule has 3 aliphatic heterocycles. The highest BCUT2D eigenvalue weighted by Gasteiger charge is 2.67. The van der Waals surface area contributed by atoms with E-state index in [1.165, 1.54) is 0 Å². The van der Waals surface area contributed by atoms with Gasteiger partial charge in [-0.1, -0.05) is 19.1 Å². The highest BCUT2D eigenvalue weighted by atomic mass is 16.6. The maximum atomic E-state index is 12.8. The van der Waals surface area contributed by atoms with Crippen LogP contribution in [0.15, 0.2) is 35.0 Å². The second-order valence-corrected chi connectivity index (χ2v) is 6.34. The van der Waals surface area contributed by atoms with Gasteiger partial charge in [-0.3, -0.25) is 9.59 Å². The molecule has 1 amide bonds. The number of carbonyl (C=O) groups excluding carboxylic acids is 2. The normalized spacial score (nSPS) is 34.2. The molecule has 4 atom stereocenters. The van der Waals surface area contributed by atoms with E-state index in [0.29, 0.717) is 19.7 Å². The summed E-state index contributed by atoms with van der Waals surface area (Å²) in [6, 6.07) is 3.63. The van der Waals surface area contributed by atoms with Crippen molar-refractivity contribution < 1.29 is 23.5 Å². The molecule has 1 spiro atoms. The van der Waals surface area contributed by atoms with Crippen LogP contribution in [0.5, 0.6) is 0 Å². The van der Waals surface area contributed by atoms with Crippen LogP contribution < -0.4 is 0 Å². The van der Waals surface area contributed by atoms with Crippen LogP contribution in [0.25, 0.3) is 0 Å². The Morgan fingerprint density at radius 1 is 1.52 bits per heavy atom. The van der Waals surface area contributed by atoms with Crippen LogP contribution in [0, 0.1) is 11.8 Å². The quantitative estimate of drug-likeness (QED) is 0.608. The minimum atomic E-state index is -0.690. The summed E-state index contributed by atoms with van der Waals surface area (Å²) in [6.45, 7) is 3.15. The second-order valence-electron chi connectivity index (χ2n) is 6.34. The summed E-state index contributed by atoms with van der Waals surface area (Å²) in [7, 11) is 0. The van der Waals surface area contributed by atoms with Crippen molar-refractivity contribution in [1.82, 2.24) is 4.90 Å². The van der Waals surface area contributed by atoms with Gasteiger partial charge in [0.1, 0.15) is 17.3 Å². The van der Waals surface area contributed by atoms with Gasteiger partial charge < -0.3 is 18.8 Å². The maximum Gasteiger partial charge on any atom is 0.312 e. The summed E-state index contributed by atoms with van der Waals surface area (Å²) in [4.78, 5) is 26.9. The van der Waals surface area contributed by atoms with Gasteiger partial charge in [0.05, 0.1) is 38.0 Å². The molecular weight excluding hydrogens is 298 g/mol. The van der Waals surface area contributed by atoms with Crippen molar-refractivity contribution in [3.05, 3.63) is 36.3 Å². The lowest BCUT2D eigenvalue weighted by Crippen LogP contribution is -2.40. The van der Waals surface area contributed by atoms with E-state index in [1.54, 1.807) is 17.2 Å². The van der Waals surface area contributed by atoms with Crippen molar-refractivity contribution in [2.24, 2.45) is 11.8 Å². The van der Waals surface area contributed by atoms with Crippen LogP contribution >= 0.6 is 0 Å². The lowest BCUT2D eigenvalue weighted by Gasteiger charge is -2.22. The van der Waals surface area contributed by atoms with E-state index in [4.69, 9.17) is 13.9 Å². The number of fused-ring (bicyclic) bond motifs is 1. The lowest BCUT2D eigenvalue weighted by molar-refractivity contribution is -0.153. The third kappa shape index (κ3) is 2.12. The van der Waals surface area contributed by atoms with Crippen LogP contribution in [0.3, 0.4) is 0 Å². The van der Waals surface area contributed by atoms with Gasteiger partial charge in [0, 0.05) is 0 Å². The third-order valence-electron chi connectivity index (χ3n) is 4.83. The number of esters is 1. The lowest BCUT2D eigenvalue weighted by atomic mass is 9.77. The van der Waals surface area contributed by atoms with Crippen molar-refractivity contribution in [3.63, 3.8) is 0 Å². The molecule has 2 bridgehead atoms. The summed E-state index contributed by atoms with van der Waals surface area (Å²) < 4.78 is 16.6. The molecule has 0 aliphatic carbocycles. The fourth-order valence-corrected chi connectivity index (χ4v) is 3.87. The molecule has 4 heterocycles. The van der Waals surface area contributed by atoms with E-state index in [0.717, 1.165) is 12.2 Å². The number of likely N-dealkylation sites (tertiary alicyclic amines) is 1. The van der Waals surface area contributed by atoms with Crippen LogP contribution in [-0.2, 0) is 25.6 Å². The van der Waals surface area contributed by atoms with Gasteiger partial charge in [-0.05, 0) is 18.6 Å². The first kappa shape index (κ1) is 14.5. The van der Waals surface area contributed by atoms with Gasteiger partial charge in [-0.15, -0.1) is 0 Å². The first-order valence-electron chi connectivity index (χ1n) is 7.99. The summed E-state index contributed by atoms with van der Waals surface area (Å²) in [5, 5.41) is 0. The first-order chi connectivity index (χ1) is 11.1. The van der Waals surface area contributed by atoms with Gasteiger partial charge >= 0.3 is 5.97 Å². The Morgan fingerprint density at radius 3 is 3.13 bits per heavy atom. The molecule has 0 unspecified atom stereocenters. The van der Waals surface area contributed by atoms with E-state index >= 15 is 0 Å². The zero-order chi connectivity index (χ0) is 16.0. The Labute approximate surface area is 134 Å². The molecule has 6 nitrogen and oxygen atoms in total. The molecule has 1 aromatic heterocycles. The molecule has 4 rings (SSSR count). The smallest absolute Gasteiger partial charge is 0.312 e. The number of amides is 1. The molecule has 122 valence electrons. The molecule has 3 aliphatic rings. The summed E-state index contributed by atoms with van der Waals surface area (Å²) in [6.07, 6.45) is 5.82. The largest absolute Gasteiger partial charge is 0.467 e. The number of carbonyl (C=O) groups is 2. The van der Waals surface area contributed by atoms with E-state index in [1.807, 2.05) is 25.1 Å². The third-order valence-corrected chi connectivity index (χ3v) is 4.83. The van der Waals surface area contributed by atoms with Crippen molar-refractivity contribution in [2.75, 3.05) is 13.2 Å². The molecule has 1 aromatic rings. The number of hydrogen-bond acceptors (Lipinski definition) is 5. The molecular formula is C17H19NO5. The van der Waals surface area contributed by atoms with Crippen molar-refractivity contribution in [2.45, 2.75) is 31.6 Å².